The average molecular weight is 451 g/mol. The number of ketones is 1. The van der Waals surface area contributed by atoms with E-state index in [0.717, 1.165) is 4.90 Å². The molecule has 0 aromatic heterocycles. The van der Waals surface area contributed by atoms with E-state index in [-0.39, 0.29) is 0 Å². The van der Waals surface area contributed by atoms with Crippen molar-refractivity contribution in [1.29, 1.82) is 0 Å². The lowest BCUT2D eigenvalue weighted by atomic mass is 9.58. The van der Waals surface area contributed by atoms with Crippen LogP contribution >= 0.6 is 0 Å². The van der Waals surface area contributed by atoms with Crippen LogP contribution in [-0.4, -0.2) is 30.5 Å². The molecule has 172 valence electrons. The van der Waals surface area contributed by atoms with E-state index < -0.39 is 46.5 Å². The van der Waals surface area contributed by atoms with Crippen molar-refractivity contribution in [3.05, 3.63) is 77.3 Å². The largest absolute Gasteiger partial charge is 0.501 e. The Hall–Kier alpha value is -3.48. The van der Waals surface area contributed by atoms with E-state index >= 15 is 0 Å². The molecule has 0 radical (unpaired) electrons. The fourth-order valence-corrected chi connectivity index (χ4v) is 4.95. The van der Waals surface area contributed by atoms with Gasteiger partial charge in [-0.2, -0.15) is 0 Å². The first-order valence-electron chi connectivity index (χ1n) is 10.7. The van der Waals surface area contributed by atoms with Crippen molar-refractivity contribution in [3.8, 4) is 0 Å². The third-order valence-corrected chi connectivity index (χ3v) is 6.23. The zero-order valence-electron chi connectivity index (χ0n) is 19.2. The van der Waals surface area contributed by atoms with Gasteiger partial charge in [-0.05, 0) is 44.5 Å². The number of hydrogen-bond acceptors (Lipinski definition) is 5. The lowest BCUT2D eigenvalue weighted by Gasteiger charge is -2.42. The first-order chi connectivity index (χ1) is 15.5. The number of carbonyl (C=O) groups excluding carboxylic acids is 3. The number of imide groups is 1. The van der Waals surface area contributed by atoms with Gasteiger partial charge in [0, 0.05) is 23.5 Å². The Balaban J connectivity index is 1.99. The van der Waals surface area contributed by atoms with Crippen LogP contribution in [0.25, 0.3) is 0 Å². The van der Waals surface area contributed by atoms with Crippen molar-refractivity contribution >= 4 is 23.5 Å². The number of para-hydroxylation sites is 1. The van der Waals surface area contributed by atoms with Gasteiger partial charge in [-0.15, -0.1) is 0 Å². The van der Waals surface area contributed by atoms with Gasteiger partial charge in [0.15, 0.2) is 5.78 Å². The van der Waals surface area contributed by atoms with E-state index in [1.165, 1.54) is 25.3 Å². The van der Waals surface area contributed by atoms with Gasteiger partial charge in [-0.25, -0.2) is 14.1 Å². The van der Waals surface area contributed by atoms with Crippen molar-refractivity contribution in [1.82, 2.24) is 0 Å². The molecule has 6 nitrogen and oxygen atoms in total. The van der Waals surface area contributed by atoms with Gasteiger partial charge in [0.25, 0.3) is 5.91 Å². The van der Waals surface area contributed by atoms with Crippen LogP contribution in [0.15, 0.2) is 60.4 Å². The second kappa shape index (κ2) is 7.83. The van der Waals surface area contributed by atoms with Crippen LogP contribution in [0.4, 0.5) is 14.9 Å². The molecule has 1 aliphatic carbocycles. The van der Waals surface area contributed by atoms with E-state index in [9.17, 15) is 18.8 Å². The molecule has 0 N–H and O–H groups in total. The van der Waals surface area contributed by atoms with Crippen molar-refractivity contribution in [2.75, 3.05) is 12.0 Å². The smallest absolute Gasteiger partial charge is 0.421 e. The number of rotatable bonds is 2. The van der Waals surface area contributed by atoms with Crippen LogP contribution in [0.5, 0.6) is 0 Å². The average Bonchev–Trinajstić information content (AvgIpc) is 3.00. The van der Waals surface area contributed by atoms with Crippen LogP contribution in [0.3, 0.4) is 0 Å². The van der Waals surface area contributed by atoms with Crippen molar-refractivity contribution in [2.45, 2.75) is 44.6 Å². The normalized spacial score (nSPS) is 24.5. The number of methoxy groups -OCH3 is 1. The SMILES string of the molecule is COC1=CC(=O)C2(C(=O)N(C(=O)OC(C)(C)C)c3ccccc32)[C@H](c2ccc(F)cc2)[C@H]1C. The predicted octanol–water partition coefficient (Wildman–Crippen LogP) is 4.88. The summed E-state index contributed by atoms with van der Waals surface area (Å²) in [5, 5.41) is 0. The molecule has 2 aromatic carbocycles. The topological polar surface area (TPSA) is 72.9 Å². The highest BCUT2D eigenvalue weighted by atomic mass is 19.1. The summed E-state index contributed by atoms with van der Waals surface area (Å²) in [7, 11) is 1.47. The maximum absolute atomic E-state index is 14.1. The van der Waals surface area contributed by atoms with Gasteiger partial charge in [0.2, 0.25) is 0 Å². The number of carbonyl (C=O) groups is 3. The first-order valence-corrected chi connectivity index (χ1v) is 10.7. The Labute approximate surface area is 192 Å². The lowest BCUT2D eigenvalue weighted by Crippen LogP contribution is -2.55. The molecule has 2 amide bonds. The van der Waals surface area contributed by atoms with Crippen LogP contribution in [0, 0.1) is 11.7 Å². The van der Waals surface area contributed by atoms with Gasteiger partial charge in [-0.1, -0.05) is 37.3 Å². The summed E-state index contributed by atoms with van der Waals surface area (Å²) in [6.07, 6.45) is 0.481. The summed E-state index contributed by atoms with van der Waals surface area (Å²) in [6.45, 7) is 6.96. The molecular formula is C26H26FNO5. The second-order valence-corrected chi connectivity index (χ2v) is 9.38. The third-order valence-electron chi connectivity index (χ3n) is 6.23. The molecule has 1 aliphatic heterocycles. The van der Waals surface area contributed by atoms with Crippen molar-refractivity contribution in [3.63, 3.8) is 0 Å². The Morgan fingerprint density at radius 3 is 2.30 bits per heavy atom. The zero-order valence-corrected chi connectivity index (χ0v) is 19.2. The molecule has 4 rings (SSSR count). The van der Waals surface area contributed by atoms with Crippen LogP contribution in [0.1, 0.15) is 44.7 Å². The van der Waals surface area contributed by atoms with Gasteiger partial charge < -0.3 is 9.47 Å². The molecule has 0 bridgehead atoms. The van der Waals surface area contributed by atoms with Crippen LogP contribution in [-0.2, 0) is 24.5 Å². The van der Waals surface area contributed by atoms with E-state index in [4.69, 9.17) is 9.47 Å². The minimum absolute atomic E-state index is 0.304. The molecule has 1 unspecified atom stereocenters. The maximum atomic E-state index is 14.1. The van der Waals surface area contributed by atoms with Gasteiger partial charge in [0.1, 0.15) is 22.6 Å². The Morgan fingerprint density at radius 2 is 1.70 bits per heavy atom. The quantitative estimate of drug-likeness (QED) is 0.609. The lowest BCUT2D eigenvalue weighted by molar-refractivity contribution is -0.134. The molecule has 0 fully saturated rings. The fraction of sp³-hybridized carbons (Fsp3) is 0.346. The first kappa shape index (κ1) is 22.7. The molecule has 7 heteroatoms. The van der Waals surface area contributed by atoms with E-state index in [2.05, 4.69) is 0 Å². The maximum Gasteiger partial charge on any atom is 0.421 e. The van der Waals surface area contributed by atoms with E-state index in [1.54, 1.807) is 57.2 Å². The molecule has 33 heavy (non-hydrogen) atoms. The van der Waals surface area contributed by atoms with E-state index in [0.29, 0.717) is 22.6 Å². The number of amides is 2. The fourth-order valence-electron chi connectivity index (χ4n) is 4.95. The van der Waals surface area contributed by atoms with E-state index in [1.807, 2.05) is 6.92 Å². The highest BCUT2D eigenvalue weighted by Crippen LogP contribution is 2.56. The Bertz CT molecular complexity index is 1160. The number of anilines is 1. The number of benzene rings is 2. The number of ether oxygens (including phenoxy) is 2. The van der Waals surface area contributed by atoms with Gasteiger partial charge in [0.05, 0.1) is 12.8 Å². The van der Waals surface area contributed by atoms with Crippen LogP contribution < -0.4 is 4.90 Å². The van der Waals surface area contributed by atoms with Gasteiger partial charge >= 0.3 is 6.09 Å². The van der Waals surface area contributed by atoms with Gasteiger partial charge in [-0.3, -0.25) is 9.59 Å². The summed E-state index contributed by atoms with van der Waals surface area (Å²) in [5.74, 6) is -2.33. The number of nitrogens with zero attached hydrogens (tertiary/aromatic N) is 1. The van der Waals surface area contributed by atoms with Crippen molar-refractivity contribution < 1.29 is 28.2 Å². The number of hydrogen-bond donors (Lipinski definition) is 0. The highest BCUT2D eigenvalue weighted by Gasteiger charge is 2.65. The summed E-state index contributed by atoms with van der Waals surface area (Å²) in [6, 6.07) is 12.5. The predicted molar refractivity (Wildman–Crippen MR) is 120 cm³/mol. The molecule has 0 saturated heterocycles. The molecule has 1 heterocycles. The number of halogens is 1. The summed E-state index contributed by atoms with van der Waals surface area (Å²) in [4.78, 5) is 42.0. The number of allylic oxidation sites excluding steroid dienone is 2. The molecule has 0 saturated carbocycles. The summed E-state index contributed by atoms with van der Waals surface area (Å²) >= 11 is 0. The minimum atomic E-state index is -1.72. The summed E-state index contributed by atoms with van der Waals surface area (Å²) < 4.78 is 24.7. The Morgan fingerprint density at radius 1 is 1.06 bits per heavy atom. The molecular weight excluding hydrogens is 425 g/mol. The minimum Gasteiger partial charge on any atom is -0.501 e. The highest BCUT2D eigenvalue weighted by molar-refractivity contribution is 6.32. The number of fused-ring (bicyclic) bond motifs is 2. The van der Waals surface area contributed by atoms with Crippen molar-refractivity contribution in [2.24, 2.45) is 5.92 Å². The molecule has 1 spiro atoms. The summed E-state index contributed by atoms with van der Waals surface area (Å²) in [5.41, 5.74) is -1.25. The van der Waals surface area contributed by atoms with Crippen LogP contribution in [0.2, 0.25) is 0 Å². The standard InChI is InChI=1S/C26H26FNO5/c1-15-20(32-5)14-21(29)26(22(15)16-10-12-17(27)13-11-16)18-8-6-7-9-19(18)28(23(26)30)24(31)33-25(2,3)4/h6-15,22H,1-5H3/t15-,22-,26?/m0/s1. The molecule has 3 atom stereocenters. The monoisotopic (exact) mass is 451 g/mol. The third kappa shape index (κ3) is 3.43. The molecule has 2 aliphatic rings. The second-order valence-electron chi connectivity index (χ2n) is 9.38. The zero-order chi connectivity index (χ0) is 24.1. The Kier molecular flexibility index (Phi) is 5.39. The molecule has 2 aromatic rings.